The number of nitrogens with zero attached hydrogens (tertiary/aromatic N) is 6. The van der Waals surface area contributed by atoms with Crippen LogP contribution in [-0.2, 0) is 13.5 Å². The van der Waals surface area contributed by atoms with E-state index in [1.165, 1.54) is 10.6 Å². The molecule has 1 aliphatic rings. The molecule has 0 unspecified atom stereocenters. The van der Waals surface area contributed by atoms with Gasteiger partial charge in [-0.25, -0.2) is 15.0 Å². The van der Waals surface area contributed by atoms with Crippen molar-refractivity contribution < 1.29 is 0 Å². The second kappa shape index (κ2) is 6.38. The van der Waals surface area contributed by atoms with Crippen LogP contribution in [-0.4, -0.2) is 29.7 Å². The largest absolute Gasteiger partial charge is 0.361 e. The second-order valence-electron chi connectivity index (χ2n) is 6.77. The number of thiazole rings is 1. The van der Waals surface area contributed by atoms with Crippen molar-refractivity contribution in [1.29, 1.82) is 0 Å². The van der Waals surface area contributed by atoms with E-state index in [1.807, 2.05) is 25.4 Å². The van der Waals surface area contributed by atoms with Gasteiger partial charge in [0.25, 0.3) is 0 Å². The molecular weight excluding hydrogens is 358 g/mol. The Morgan fingerprint density at radius 1 is 1.22 bits per heavy atom. The van der Waals surface area contributed by atoms with E-state index < -0.39 is 0 Å². The zero-order valence-electron chi connectivity index (χ0n) is 15.2. The molecule has 1 aliphatic carbocycles. The van der Waals surface area contributed by atoms with E-state index in [0.29, 0.717) is 5.82 Å². The molecule has 0 saturated carbocycles. The van der Waals surface area contributed by atoms with E-state index in [2.05, 4.69) is 22.3 Å². The van der Waals surface area contributed by atoms with Crippen LogP contribution in [0.4, 0.5) is 5.82 Å². The summed E-state index contributed by atoms with van der Waals surface area (Å²) in [7, 11) is 1.90. The minimum absolute atomic E-state index is 0.166. The maximum absolute atomic E-state index is 4.82. The molecule has 0 saturated heterocycles. The highest BCUT2D eigenvalue weighted by Gasteiger charge is 2.25. The monoisotopic (exact) mass is 377 g/mol. The standard InChI is InChI=1S/C19H19N7S/c1-11-22-16-14(6-3-7-15(16)27-11)23-18-13-10-21-26(2)19(13)25-17(24-18)12-5-4-8-20-9-12/h4-5,8-10,14H,3,6-7H2,1-2H3,(H,23,24,25)/t14-/m1/s1. The van der Waals surface area contributed by atoms with Crippen molar-refractivity contribution >= 4 is 28.2 Å². The lowest BCUT2D eigenvalue weighted by atomic mass is 9.97. The van der Waals surface area contributed by atoms with Crippen LogP contribution in [0.3, 0.4) is 0 Å². The third kappa shape index (κ3) is 2.86. The van der Waals surface area contributed by atoms with Crippen molar-refractivity contribution in [3.8, 4) is 11.4 Å². The first-order valence-electron chi connectivity index (χ1n) is 9.02. The maximum Gasteiger partial charge on any atom is 0.165 e. The van der Waals surface area contributed by atoms with Gasteiger partial charge in [0, 0.05) is 29.9 Å². The van der Waals surface area contributed by atoms with Crippen molar-refractivity contribution in [2.75, 3.05) is 5.32 Å². The van der Waals surface area contributed by atoms with Crippen LogP contribution < -0.4 is 5.32 Å². The van der Waals surface area contributed by atoms with Gasteiger partial charge in [0.1, 0.15) is 5.82 Å². The Balaban J connectivity index is 1.61. The maximum atomic E-state index is 4.82. The fourth-order valence-electron chi connectivity index (χ4n) is 3.60. The van der Waals surface area contributed by atoms with Crippen molar-refractivity contribution in [2.24, 2.45) is 7.05 Å². The SMILES string of the molecule is Cc1nc2c(s1)CCC[C@H]2Nc1nc(-c2cccnc2)nc2c1cnn2C. The predicted molar refractivity (Wildman–Crippen MR) is 106 cm³/mol. The summed E-state index contributed by atoms with van der Waals surface area (Å²) in [5.74, 6) is 1.45. The number of aromatic nitrogens is 6. The normalized spacial score (nSPS) is 16.4. The summed E-state index contributed by atoms with van der Waals surface area (Å²) in [4.78, 5) is 19.9. The third-order valence-electron chi connectivity index (χ3n) is 4.88. The second-order valence-corrected chi connectivity index (χ2v) is 8.06. The number of aryl methyl sites for hydroxylation is 3. The van der Waals surface area contributed by atoms with Gasteiger partial charge in [-0.2, -0.15) is 5.10 Å². The molecule has 0 spiro atoms. The number of fused-ring (bicyclic) bond motifs is 2. The molecule has 136 valence electrons. The van der Waals surface area contributed by atoms with Crippen LogP contribution in [0.15, 0.2) is 30.7 Å². The molecule has 27 heavy (non-hydrogen) atoms. The van der Waals surface area contributed by atoms with Crippen LogP contribution in [0.2, 0.25) is 0 Å². The molecule has 5 rings (SSSR count). The van der Waals surface area contributed by atoms with Gasteiger partial charge in [0.05, 0.1) is 28.3 Å². The van der Waals surface area contributed by atoms with Gasteiger partial charge in [0.2, 0.25) is 0 Å². The van der Waals surface area contributed by atoms with Crippen LogP contribution in [0, 0.1) is 6.92 Å². The van der Waals surface area contributed by atoms with Crippen LogP contribution >= 0.6 is 11.3 Å². The fraction of sp³-hybridized carbons (Fsp3) is 0.316. The number of nitrogens with one attached hydrogen (secondary N) is 1. The quantitative estimate of drug-likeness (QED) is 0.586. The van der Waals surface area contributed by atoms with E-state index in [0.717, 1.165) is 46.7 Å². The Morgan fingerprint density at radius 2 is 2.15 bits per heavy atom. The molecule has 0 radical (unpaired) electrons. The van der Waals surface area contributed by atoms with E-state index in [9.17, 15) is 0 Å². The molecule has 0 aromatic carbocycles. The Hall–Kier alpha value is -2.87. The smallest absolute Gasteiger partial charge is 0.165 e. The summed E-state index contributed by atoms with van der Waals surface area (Å²) >= 11 is 1.80. The first kappa shape index (κ1) is 16.3. The lowest BCUT2D eigenvalue weighted by Gasteiger charge is -2.23. The fourth-order valence-corrected chi connectivity index (χ4v) is 4.64. The van der Waals surface area contributed by atoms with Gasteiger partial charge >= 0.3 is 0 Å². The number of hydrogen-bond acceptors (Lipinski definition) is 7. The predicted octanol–water partition coefficient (Wildman–Crippen LogP) is 3.68. The van der Waals surface area contributed by atoms with E-state index in [1.54, 1.807) is 28.4 Å². The first-order valence-corrected chi connectivity index (χ1v) is 9.83. The first-order chi connectivity index (χ1) is 13.2. The summed E-state index contributed by atoms with van der Waals surface area (Å²) < 4.78 is 1.78. The Kier molecular flexibility index (Phi) is 3.86. The summed E-state index contributed by atoms with van der Waals surface area (Å²) in [6.45, 7) is 2.07. The lowest BCUT2D eigenvalue weighted by Crippen LogP contribution is -2.18. The average Bonchev–Trinajstić information content (AvgIpc) is 3.25. The average molecular weight is 377 g/mol. The highest BCUT2D eigenvalue weighted by molar-refractivity contribution is 7.11. The number of anilines is 1. The Morgan fingerprint density at radius 3 is 3.00 bits per heavy atom. The molecule has 4 aromatic heterocycles. The Labute approximate surface area is 160 Å². The van der Waals surface area contributed by atoms with Crippen LogP contribution in [0.1, 0.15) is 34.5 Å². The van der Waals surface area contributed by atoms with Gasteiger partial charge in [-0.15, -0.1) is 11.3 Å². The molecule has 0 bridgehead atoms. The molecule has 4 aromatic rings. The van der Waals surface area contributed by atoms with Crippen molar-refractivity contribution in [3.63, 3.8) is 0 Å². The Bertz CT molecular complexity index is 1120. The zero-order valence-corrected chi connectivity index (χ0v) is 16.0. The number of hydrogen-bond donors (Lipinski definition) is 1. The molecule has 0 amide bonds. The topological polar surface area (TPSA) is 81.4 Å². The molecule has 7 nitrogen and oxygen atoms in total. The lowest BCUT2D eigenvalue weighted by molar-refractivity contribution is 0.592. The van der Waals surface area contributed by atoms with Gasteiger partial charge in [-0.3, -0.25) is 9.67 Å². The minimum Gasteiger partial charge on any atom is -0.361 e. The molecule has 4 heterocycles. The van der Waals surface area contributed by atoms with Crippen molar-refractivity contribution in [1.82, 2.24) is 29.7 Å². The third-order valence-corrected chi connectivity index (χ3v) is 5.93. The number of pyridine rings is 1. The van der Waals surface area contributed by atoms with E-state index in [4.69, 9.17) is 15.0 Å². The van der Waals surface area contributed by atoms with Gasteiger partial charge in [0.15, 0.2) is 11.5 Å². The van der Waals surface area contributed by atoms with E-state index >= 15 is 0 Å². The summed E-state index contributed by atoms with van der Waals surface area (Å²) in [6.07, 6.45) is 8.67. The van der Waals surface area contributed by atoms with Gasteiger partial charge < -0.3 is 5.32 Å². The minimum atomic E-state index is 0.166. The molecule has 1 atom stereocenters. The highest BCUT2D eigenvalue weighted by Crippen LogP contribution is 2.36. The summed E-state index contributed by atoms with van der Waals surface area (Å²) in [6, 6.07) is 4.03. The van der Waals surface area contributed by atoms with Crippen molar-refractivity contribution in [3.05, 3.63) is 46.3 Å². The summed E-state index contributed by atoms with van der Waals surface area (Å²) in [5, 5.41) is 10.1. The van der Waals surface area contributed by atoms with Crippen LogP contribution in [0.5, 0.6) is 0 Å². The molecule has 0 aliphatic heterocycles. The van der Waals surface area contributed by atoms with Crippen molar-refractivity contribution in [2.45, 2.75) is 32.2 Å². The molecule has 0 fully saturated rings. The zero-order chi connectivity index (χ0) is 18.4. The van der Waals surface area contributed by atoms with Crippen LogP contribution in [0.25, 0.3) is 22.4 Å². The number of rotatable bonds is 3. The molecule has 8 heteroatoms. The van der Waals surface area contributed by atoms with E-state index in [-0.39, 0.29) is 6.04 Å². The molecular formula is C19H19N7S. The van der Waals surface area contributed by atoms with Gasteiger partial charge in [-0.05, 0) is 38.3 Å². The summed E-state index contributed by atoms with van der Waals surface area (Å²) in [5.41, 5.74) is 2.86. The molecule has 1 N–H and O–H groups in total. The van der Waals surface area contributed by atoms with Gasteiger partial charge in [-0.1, -0.05) is 0 Å². The highest BCUT2D eigenvalue weighted by atomic mass is 32.1.